The summed E-state index contributed by atoms with van der Waals surface area (Å²) in [5.74, 6) is 2.72. The molecule has 0 saturated carbocycles. The second kappa shape index (κ2) is 10.0. The Morgan fingerprint density at radius 1 is 1.00 bits per heavy atom. The van der Waals surface area contributed by atoms with Gasteiger partial charge in [-0.25, -0.2) is 0 Å². The molecular formula is C30H30N2O6. The van der Waals surface area contributed by atoms with E-state index >= 15 is 0 Å². The predicted octanol–water partition coefficient (Wildman–Crippen LogP) is 4.38. The first-order valence-electron chi connectivity index (χ1n) is 12.7. The molecule has 0 fully saturated rings. The highest BCUT2D eigenvalue weighted by Crippen LogP contribution is 2.45. The van der Waals surface area contributed by atoms with Gasteiger partial charge in [-0.1, -0.05) is 12.1 Å². The van der Waals surface area contributed by atoms with Gasteiger partial charge in [0.1, 0.15) is 24.8 Å². The Morgan fingerprint density at radius 2 is 1.82 bits per heavy atom. The molecule has 196 valence electrons. The van der Waals surface area contributed by atoms with Gasteiger partial charge in [-0.05, 0) is 77.6 Å². The van der Waals surface area contributed by atoms with Gasteiger partial charge < -0.3 is 28.6 Å². The number of methoxy groups -OCH3 is 2. The summed E-state index contributed by atoms with van der Waals surface area (Å²) in [6, 6.07) is 17.7. The van der Waals surface area contributed by atoms with E-state index in [0.717, 1.165) is 53.9 Å². The zero-order valence-corrected chi connectivity index (χ0v) is 21.5. The van der Waals surface area contributed by atoms with Crippen LogP contribution >= 0.6 is 0 Å². The van der Waals surface area contributed by atoms with Crippen LogP contribution in [0, 0.1) is 0 Å². The van der Waals surface area contributed by atoms with Crippen LogP contribution in [0.15, 0.2) is 54.6 Å². The molecule has 0 saturated heterocycles. The summed E-state index contributed by atoms with van der Waals surface area (Å²) in [5.41, 5.74) is 6.94. The summed E-state index contributed by atoms with van der Waals surface area (Å²) >= 11 is 0. The molecule has 8 nitrogen and oxygen atoms in total. The number of carbonyl (C=O) groups is 1. The van der Waals surface area contributed by atoms with E-state index in [1.807, 2.05) is 28.8 Å². The van der Waals surface area contributed by atoms with Crippen molar-refractivity contribution in [1.29, 1.82) is 0 Å². The topological polar surface area (TPSA) is 82.4 Å². The standard InChI is InChI=1S/C30H30N2O6/c1-35-22-7-8-26-24(12-22)25-13-27-23-14-30(37-16-19-3-5-21(6-4-19)38-18-34)29(36-2)11-20(23)9-10-31(27)15-28(25)32(26)17-33/h3-8,11-12,14,18,27,33H,9-10,13,15-17H2,1-2H3. The molecule has 1 aromatic heterocycles. The van der Waals surface area contributed by atoms with Crippen LogP contribution in [0.2, 0.25) is 0 Å². The molecule has 4 aromatic rings. The summed E-state index contributed by atoms with van der Waals surface area (Å²) in [5, 5.41) is 11.3. The molecule has 8 heteroatoms. The first-order valence-corrected chi connectivity index (χ1v) is 12.7. The van der Waals surface area contributed by atoms with E-state index in [-0.39, 0.29) is 12.8 Å². The molecule has 1 unspecified atom stereocenters. The van der Waals surface area contributed by atoms with Crippen molar-refractivity contribution < 1.29 is 28.8 Å². The van der Waals surface area contributed by atoms with E-state index in [1.165, 1.54) is 22.4 Å². The number of benzene rings is 3. The number of aliphatic hydroxyl groups excluding tert-OH is 1. The molecule has 0 spiro atoms. The summed E-state index contributed by atoms with van der Waals surface area (Å²) in [6.45, 7) is 2.43. The summed E-state index contributed by atoms with van der Waals surface area (Å²) in [6.07, 6.45) is 1.76. The Balaban J connectivity index is 1.33. The van der Waals surface area contributed by atoms with Gasteiger partial charge in [0.2, 0.25) is 0 Å². The zero-order chi connectivity index (χ0) is 26.2. The van der Waals surface area contributed by atoms with Gasteiger partial charge in [0, 0.05) is 30.2 Å². The van der Waals surface area contributed by atoms with Gasteiger partial charge in [-0.2, -0.15) is 0 Å². The quantitative estimate of drug-likeness (QED) is 0.350. The molecule has 2 aliphatic rings. The lowest BCUT2D eigenvalue weighted by Gasteiger charge is -2.41. The van der Waals surface area contributed by atoms with Crippen molar-refractivity contribution in [2.75, 3.05) is 20.8 Å². The Labute approximate surface area is 220 Å². The third-order valence-electron chi connectivity index (χ3n) is 7.78. The number of aromatic nitrogens is 1. The molecule has 3 aromatic carbocycles. The summed E-state index contributed by atoms with van der Waals surface area (Å²) in [7, 11) is 3.34. The van der Waals surface area contributed by atoms with Gasteiger partial charge in [-0.3, -0.25) is 9.69 Å². The maximum atomic E-state index is 10.6. The molecule has 3 heterocycles. The Morgan fingerprint density at radius 3 is 2.55 bits per heavy atom. The highest BCUT2D eigenvalue weighted by molar-refractivity contribution is 5.87. The monoisotopic (exact) mass is 514 g/mol. The van der Waals surface area contributed by atoms with Gasteiger partial charge >= 0.3 is 0 Å². The fourth-order valence-electron chi connectivity index (χ4n) is 5.88. The third kappa shape index (κ3) is 4.15. The highest BCUT2D eigenvalue weighted by Gasteiger charge is 2.36. The molecule has 1 atom stereocenters. The van der Waals surface area contributed by atoms with Crippen molar-refractivity contribution in [1.82, 2.24) is 9.47 Å². The van der Waals surface area contributed by atoms with Crippen LogP contribution in [0.1, 0.15) is 34.0 Å². The largest absolute Gasteiger partial charge is 0.497 e. The lowest BCUT2D eigenvalue weighted by Crippen LogP contribution is -2.39. The Hall–Kier alpha value is -4.01. The van der Waals surface area contributed by atoms with Crippen molar-refractivity contribution in [2.45, 2.75) is 38.8 Å². The van der Waals surface area contributed by atoms with Crippen LogP contribution in [-0.2, 0) is 37.5 Å². The first-order chi connectivity index (χ1) is 18.6. The summed E-state index contributed by atoms with van der Waals surface area (Å²) < 4.78 is 24.3. The minimum Gasteiger partial charge on any atom is -0.497 e. The lowest BCUT2D eigenvalue weighted by atomic mass is 9.85. The van der Waals surface area contributed by atoms with E-state index in [1.54, 1.807) is 26.4 Å². The van der Waals surface area contributed by atoms with Crippen LogP contribution < -0.4 is 18.9 Å². The third-order valence-corrected chi connectivity index (χ3v) is 7.78. The fraction of sp³-hybridized carbons (Fsp3) is 0.300. The smallest absolute Gasteiger partial charge is 0.298 e. The minimum absolute atomic E-state index is 0.0509. The van der Waals surface area contributed by atoms with Crippen LogP contribution in [0.3, 0.4) is 0 Å². The van der Waals surface area contributed by atoms with Crippen LogP contribution in [0.25, 0.3) is 10.9 Å². The molecule has 2 aliphatic heterocycles. The number of fused-ring (bicyclic) bond motifs is 6. The van der Waals surface area contributed by atoms with E-state index in [0.29, 0.717) is 24.6 Å². The van der Waals surface area contributed by atoms with Crippen molar-refractivity contribution in [3.63, 3.8) is 0 Å². The first kappa shape index (κ1) is 24.3. The number of hydrogen-bond acceptors (Lipinski definition) is 7. The zero-order valence-electron chi connectivity index (χ0n) is 21.5. The van der Waals surface area contributed by atoms with Crippen LogP contribution in [0.5, 0.6) is 23.0 Å². The molecule has 6 rings (SSSR count). The number of aliphatic hydroxyl groups is 1. The van der Waals surface area contributed by atoms with Crippen LogP contribution in [0.4, 0.5) is 0 Å². The number of hydrogen-bond donors (Lipinski definition) is 1. The molecule has 0 amide bonds. The number of ether oxygens (including phenoxy) is 4. The fourth-order valence-corrected chi connectivity index (χ4v) is 5.88. The second-order valence-electron chi connectivity index (χ2n) is 9.67. The lowest BCUT2D eigenvalue weighted by molar-refractivity contribution is -0.120. The van der Waals surface area contributed by atoms with Crippen LogP contribution in [-0.4, -0.2) is 41.8 Å². The molecule has 0 aliphatic carbocycles. The van der Waals surface area contributed by atoms with Gasteiger partial charge in [0.25, 0.3) is 6.47 Å². The maximum absolute atomic E-state index is 10.6. The minimum atomic E-state index is -0.0509. The average molecular weight is 515 g/mol. The van der Waals surface area contributed by atoms with E-state index in [9.17, 15) is 9.90 Å². The van der Waals surface area contributed by atoms with Crippen molar-refractivity contribution >= 4 is 17.4 Å². The maximum Gasteiger partial charge on any atom is 0.298 e. The van der Waals surface area contributed by atoms with E-state index < -0.39 is 0 Å². The molecule has 38 heavy (non-hydrogen) atoms. The SMILES string of the molecule is COc1ccc2c(c1)c1c(n2CO)CN2CCc3cc(OC)c(OCc4ccc(OC=O)cc4)cc3C2C1. The number of rotatable bonds is 8. The van der Waals surface area contributed by atoms with Gasteiger partial charge in [-0.15, -0.1) is 0 Å². The summed E-state index contributed by atoms with van der Waals surface area (Å²) in [4.78, 5) is 13.0. The van der Waals surface area contributed by atoms with Gasteiger partial charge in [0.05, 0.1) is 19.7 Å². The molecular weight excluding hydrogens is 484 g/mol. The molecule has 1 N–H and O–H groups in total. The second-order valence-corrected chi connectivity index (χ2v) is 9.67. The average Bonchev–Trinajstić information content (AvgIpc) is 3.26. The molecule has 0 bridgehead atoms. The number of nitrogens with zero attached hydrogens (tertiary/aromatic N) is 2. The Bertz CT molecular complexity index is 1490. The van der Waals surface area contributed by atoms with Crippen molar-refractivity contribution in [3.05, 3.63) is 82.5 Å². The highest BCUT2D eigenvalue weighted by atomic mass is 16.5. The van der Waals surface area contributed by atoms with E-state index in [2.05, 4.69) is 23.1 Å². The molecule has 0 radical (unpaired) electrons. The van der Waals surface area contributed by atoms with Gasteiger partial charge in [0.15, 0.2) is 11.5 Å². The van der Waals surface area contributed by atoms with Crippen molar-refractivity contribution in [3.8, 4) is 23.0 Å². The predicted molar refractivity (Wildman–Crippen MR) is 142 cm³/mol. The normalized spacial score (nSPS) is 16.3. The number of carbonyl (C=O) groups excluding carboxylic acids is 1. The van der Waals surface area contributed by atoms with E-state index in [4.69, 9.17) is 18.9 Å². The Kier molecular flexibility index (Phi) is 6.43. The van der Waals surface area contributed by atoms with Crippen molar-refractivity contribution in [2.24, 2.45) is 0 Å².